The molecule has 0 N–H and O–H groups in total. The molecule has 4 aromatic carbocycles. The smallest absolute Gasteiger partial charge is 0.243 e. The van der Waals surface area contributed by atoms with E-state index in [1.165, 1.54) is 4.31 Å². The quantitative estimate of drug-likeness (QED) is 0.149. The molecule has 0 spiro atoms. The maximum absolute atomic E-state index is 13.7. The number of hydrogen-bond acceptors (Lipinski definition) is 5. The van der Waals surface area contributed by atoms with E-state index in [0.29, 0.717) is 38.6 Å². The van der Waals surface area contributed by atoms with Gasteiger partial charge >= 0.3 is 0 Å². The number of benzene rings is 4. The summed E-state index contributed by atoms with van der Waals surface area (Å²) in [5, 5.41) is 0.754. The van der Waals surface area contributed by atoms with Crippen LogP contribution < -0.4 is 4.74 Å². The predicted octanol–water partition coefficient (Wildman–Crippen LogP) is 8.83. The van der Waals surface area contributed by atoms with Crippen LogP contribution in [0.4, 0.5) is 5.69 Å². The first-order valence-electron chi connectivity index (χ1n) is 12.7. The van der Waals surface area contributed by atoms with Gasteiger partial charge in [0.05, 0.1) is 33.4 Å². The Balaban J connectivity index is 1.32. The molecule has 0 aliphatic heterocycles. The second kappa shape index (κ2) is 12.7. The highest BCUT2D eigenvalue weighted by Crippen LogP contribution is 2.27. The van der Waals surface area contributed by atoms with Crippen molar-refractivity contribution in [3.63, 3.8) is 0 Å². The molecule has 5 rings (SSSR count). The van der Waals surface area contributed by atoms with Crippen molar-refractivity contribution in [3.05, 3.63) is 142 Å². The summed E-state index contributed by atoms with van der Waals surface area (Å²) in [5.41, 5.74) is 2.38. The lowest BCUT2D eigenvalue weighted by molar-refractivity contribution is 0.357. The van der Waals surface area contributed by atoms with Crippen molar-refractivity contribution in [2.24, 2.45) is 4.99 Å². The summed E-state index contributed by atoms with van der Waals surface area (Å²) in [6, 6.07) is 32.2. The zero-order chi connectivity index (χ0) is 28.8. The lowest BCUT2D eigenvalue weighted by atomic mass is 10.2. The van der Waals surface area contributed by atoms with Crippen molar-refractivity contribution in [3.8, 4) is 11.5 Å². The third kappa shape index (κ3) is 7.45. The highest BCUT2D eigenvalue weighted by molar-refractivity contribution is 7.89. The molecular weight excluding hydrogens is 579 g/mol. The van der Waals surface area contributed by atoms with E-state index < -0.39 is 10.0 Å². The monoisotopic (exact) mass is 604 g/mol. The van der Waals surface area contributed by atoms with Gasteiger partial charge in [-0.05, 0) is 85.3 Å². The molecule has 0 aliphatic carbocycles. The van der Waals surface area contributed by atoms with Crippen LogP contribution in [-0.2, 0) is 23.1 Å². The number of para-hydroxylation sites is 1. The Hall–Kier alpha value is -3.88. The van der Waals surface area contributed by atoms with Crippen molar-refractivity contribution < 1.29 is 17.6 Å². The molecule has 0 saturated heterocycles. The average Bonchev–Trinajstić information content (AvgIpc) is 3.42. The number of rotatable bonds is 10. The fraction of sp³-hybridized carbons (Fsp3) is 0.0938. The van der Waals surface area contributed by atoms with Crippen LogP contribution in [0.5, 0.6) is 11.5 Å². The van der Waals surface area contributed by atoms with Crippen molar-refractivity contribution >= 4 is 45.1 Å². The number of ether oxygens (including phenoxy) is 1. The molecule has 0 unspecified atom stereocenters. The van der Waals surface area contributed by atoms with Crippen LogP contribution in [0.15, 0.2) is 123 Å². The predicted molar refractivity (Wildman–Crippen MR) is 163 cm³/mol. The minimum atomic E-state index is -3.86. The lowest BCUT2D eigenvalue weighted by Gasteiger charge is -2.22. The van der Waals surface area contributed by atoms with E-state index in [0.717, 1.165) is 11.3 Å². The lowest BCUT2D eigenvalue weighted by Crippen LogP contribution is -2.30. The molecular formula is C32H26Cl2N2O4S. The Labute approximate surface area is 249 Å². The van der Waals surface area contributed by atoms with Gasteiger partial charge in [-0.2, -0.15) is 4.31 Å². The van der Waals surface area contributed by atoms with Crippen molar-refractivity contribution in [2.45, 2.75) is 24.9 Å². The second-order valence-electron chi connectivity index (χ2n) is 9.31. The number of halogens is 2. The number of aryl methyl sites for hydroxylation is 1. The van der Waals surface area contributed by atoms with Gasteiger partial charge in [-0.1, -0.05) is 65.2 Å². The van der Waals surface area contributed by atoms with Crippen molar-refractivity contribution in [2.75, 3.05) is 0 Å². The van der Waals surface area contributed by atoms with Crippen LogP contribution in [0, 0.1) is 6.92 Å². The zero-order valence-corrected chi connectivity index (χ0v) is 24.4. The summed E-state index contributed by atoms with van der Waals surface area (Å²) >= 11 is 12.3. The van der Waals surface area contributed by atoms with E-state index in [-0.39, 0.29) is 18.0 Å². The van der Waals surface area contributed by atoms with Crippen molar-refractivity contribution in [1.82, 2.24) is 4.31 Å². The molecule has 6 nitrogen and oxygen atoms in total. The summed E-state index contributed by atoms with van der Waals surface area (Å²) in [6.45, 7) is 1.99. The molecule has 0 atom stereocenters. The minimum absolute atomic E-state index is 0.00974. The Bertz CT molecular complexity index is 1750. The van der Waals surface area contributed by atoms with Gasteiger partial charge in [-0.3, -0.25) is 4.99 Å². The van der Waals surface area contributed by atoms with Crippen LogP contribution in [-0.4, -0.2) is 18.9 Å². The molecule has 0 aliphatic rings. The van der Waals surface area contributed by atoms with E-state index in [4.69, 9.17) is 32.4 Å². The van der Waals surface area contributed by atoms with E-state index in [1.54, 1.807) is 60.8 Å². The summed E-state index contributed by atoms with van der Waals surface area (Å²) in [4.78, 5) is 4.66. The standard InChI is InChI=1S/C32H26Cl2N2O4S/c1-23-7-16-30(17-8-23)41(37,38)36(21-24-9-18-31(33)32(34)19-24)22-29-15-14-28(40-29)20-35-25-10-12-27(13-11-25)39-26-5-3-2-4-6-26/h2-20H,21-22H2,1H3. The van der Waals surface area contributed by atoms with Crippen molar-refractivity contribution in [1.29, 1.82) is 0 Å². The van der Waals surface area contributed by atoms with Gasteiger partial charge < -0.3 is 9.15 Å². The molecule has 1 heterocycles. The normalized spacial score (nSPS) is 11.8. The molecule has 5 aromatic rings. The molecule has 0 fully saturated rings. The topological polar surface area (TPSA) is 72.1 Å². The zero-order valence-electron chi connectivity index (χ0n) is 22.1. The first kappa shape index (κ1) is 28.6. The van der Waals surface area contributed by atoms with Crippen LogP contribution in [0.25, 0.3) is 0 Å². The molecule has 0 saturated carbocycles. The van der Waals surface area contributed by atoms with Crippen LogP contribution in [0.1, 0.15) is 22.6 Å². The first-order valence-corrected chi connectivity index (χ1v) is 14.9. The molecule has 1 aromatic heterocycles. The van der Waals surface area contributed by atoms with Gasteiger partial charge in [0.2, 0.25) is 10.0 Å². The molecule has 0 amide bonds. The largest absolute Gasteiger partial charge is 0.459 e. The molecule has 0 bridgehead atoms. The highest BCUT2D eigenvalue weighted by atomic mass is 35.5. The summed E-state index contributed by atoms with van der Waals surface area (Å²) in [5.74, 6) is 2.41. The van der Waals surface area contributed by atoms with Gasteiger partial charge in [0, 0.05) is 6.54 Å². The molecule has 9 heteroatoms. The van der Waals surface area contributed by atoms with Gasteiger partial charge in [-0.15, -0.1) is 0 Å². The number of hydrogen-bond donors (Lipinski definition) is 0. The Kier molecular flexibility index (Phi) is 8.90. The number of sulfonamides is 1. The SMILES string of the molecule is Cc1ccc(S(=O)(=O)N(Cc2ccc(Cl)c(Cl)c2)Cc2ccc(C=Nc3ccc(Oc4ccccc4)cc3)o2)cc1. The van der Waals surface area contributed by atoms with Gasteiger partial charge in [-0.25, -0.2) is 8.42 Å². The van der Waals surface area contributed by atoms with Crippen LogP contribution in [0.2, 0.25) is 10.0 Å². The number of aliphatic imine (C=N–C) groups is 1. The third-order valence-corrected chi connectivity index (χ3v) is 8.72. The number of nitrogens with zero attached hydrogens (tertiary/aromatic N) is 2. The van der Waals surface area contributed by atoms with E-state index in [1.807, 2.05) is 61.5 Å². The number of furan rings is 1. The van der Waals surface area contributed by atoms with Crippen LogP contribution >= 0.6 is 23.2 Å². The molecule has 41 heavy (non-hydrogen) atoms. The van der Waals surface area contributed by atoms with E-state index >= 15 is 0 Å². The minimum Gasteiger partial charge on any atom is -0.459 e. The van der Waals surface area contributed by atoms with Crippen LogP contribution in [0.3, 0.4) is 0 Å². The summed E-state index contributed by atoms with van der Waals surface area (Å²) in [7, 11) is -3.86. The summed E-state index contributed by atoms with van der Waals surface area (Å²) < 4.78 is 40.4. The third-order valence-electron chi connectivity index (χ3n) is 6.17. The Morgan fingerprint density at radius 1 is 0.805 bits per heavy atom. The average molecular weight is 606 g/mol. The van der Waals surface area contributed by atoms with Gasteiger partial charge in [0.1, 0.15) is 23.0 Å². The maximum atomic E-state index is 13.7. The fourth-order valence-electron chi connectivity index (χ4n) is 4.01. The first-order chi connectivity index (χ1) is 19.8. The fourth-order valence-corrected chi connectivity index (χ4v) is 5.73. The Morgan fingerprint density at radius 3 is 2.22 bits per heavy atom. The van der Waals surface area contributed by atoms with E-state index in [9.17, 15) is 8.42 Å². The second-order valence-corrected chi connectivity index (χ2v) is 12.1. The van der Waals surface area contributed by atoms with E-state index in [2.05, 4.69) is 4.99 Å². The molecule has 0 radical (unpaired) electrons. The Morgan fingerprint density at radius 2 is 1.51 bits per heavy atom. The molecule has 208 valence electrons. The highest BCUT2D eigenvalue weighted by Gasteiger charge is 2.26. The van der Waals surface area contributed by atoms with Gasteiger partial charge in [0.25, 0.3) is 0 Å². The van der Waals surface area contributed by atoms with Gasteiger partial charge in [0.15, 0.2) is 0 Å². The summed E-state index contributed by atoms with van der Waals surface area (Å²) in [6.07, 6.45) is 1.59. The maximum Gasteiger partial charge on any atom is 0.243 e.